The van der Waals surface area contributed by atoms with Crippen LogP contribution < -0.4 is 16.1 Å². The molecule has 11 nitrogen and oxygen atoms in total. The number of nitrogens with one attached hydrogen (secondary N) is 3. The molecule has 4 aliphatic rings. The standard InChI is InChI=1S/C30H41FN4O7/c1-16(2)26(41)33-13-24(39)32-14-25(40)35-34-19-8-9-27(4)18(11-19)6-7-20-21-10-17(3)30(42,23(38)15-36)28(21,5)12-22(37)29(20,27)31/h8-9,11,17,20-22,36-37,42H,1,6-7,10,12-15H2,2-5H3,(H,32,39)(H,33,41)(H,35,40)/b34-19+/t17-,20+,21+,22+,27?,28?,29+,30+/m1/s1. The van der Waals surface area contributed by atoms with Gasteiger partial charge in [-0.25, -0.2) is 9.82 Å². The molecule has 0 bridgehead atoms. The van der Waals surface area contributed by atoms with Crippen molar-refractivity contribution in [1.82, 2.24) is 16.1 Å². The molecule has 0 heterocycles. The second-order valence-corrected chi connectivity index (χ2v) is 12.7. The number of fused-ring (bicyclic) bond motifs is 5. The van der Waals surface area contributed by atoms with Crippen LogP contribution in [0.3, 0.4) is 0 Å². The highest BCUT2D eigenvalue weighted by Gasteiger charge is 2.75. The maximum atomic E-state index is 17.4. The van der Waals surface area contributed by atoms with Gasteiger partial charge in [-0.1, -0.05) is 32.1 Å². The fourth-order valence-electron chi connectivity index (χ4n) is 8.06. The molecule has 6 N–H and O–H groups in total. The van der Waals surface area contributed by atoms with Crippen LogP contribution in [0.2, 0.25) is 0 Å². The lowest BCUT2D eigenvalue weighted by atomic mass is 9.44. The molecule has 3 saturated carbocycles. The van der Waals surface area contributed by atoms with Gasteiger partial charge in [0.2, 0.25) is 11.8 Å². The predicted octanol–water partition coefficient (Wildman–Crippen LogP) is 0.607. The molecular formula is C30H41FN4O7. The van der Waals surface area contributed by atoms with Gasteiger partial charge in [-0.3, -0.25) is 19.2 Å². The van der Waals surface area contributed by atoms with Gasteiger partial charge in [0.15, 0.2) is 11.5 Å². The lowest BCUT2D eigenvalue weighted by molar-refractivity contribution is -0.219. The Labute approximate surface area is 244 Å². The number of aliphatic hydroxyl groups excluding tert-OH is 2. The number of ketones is 1. The molecule has 0 aromatic heterocycles. The molecule has 230 valence electrons. The van der Waals surface area contributed by atoms with Crippen molar-refractivity contribution in [3.63, 3.8) is 0 Å². The molecule has 0 radical (unpaired) electrons. The summed E-state index contributed by atoms with van der Waals surface area (Å²) in [6, 6.07) is 0. The van der Waals surface area contributed by atoms with Gasteiger partial charge < -0.3 is 26.0 Å². The van der Waals surface area contributed by atoms with Gasteiger partial charge in [-0.05, 0) is 63.5 Å². The molecule has 0 saturated heterocycles. The first-order valence-corrected chi connectivity index (χ1v) is 14.3. The summed E-state index contributed by atoms with van der Waals surface area (Å²) in [7, 11) is 0. The molecule has 0 aliphatic heterocycles. The van der Waals surface area contributed by atoms with Gasteiger partial charge in [-0.15, -0.1) is 0 Å². The van der Waals surface area contributed by atoms with E-state index in [-0.39, 0.29) is 31.0 Å². The van der Waals surface area contributed by atoms with Gasteiger partial charge in [0.1, 0.15) is 12.2 Å². The summed E-state index contributed by atoms with van der Waals surface area (Å²) in [5.74, 6) is -3.86. The molecule has 4 rings (SSSR count). The zero-order valence-electron chi connectivity index (χ0n) is 24.5. The maximum absolute atomic E-state index is 17.4. The minimum Gasteiger partial charge on any atom is -0.390 e. The molecule has 8 atom stereocenters. The van der Waals surface area contributed by atoms with E-state index in [9.17, 15) is 34.5 Å². The predicted molar refractivity (Wildman–Crippen MR) is 151 cm³/mol. The summed E-state index contributed by atoms with van der Waals surface area (Å²) < 4.78 is 17.4. The average Bonchev–Trinajstić information content (AvgIpc) is 3.15. The molecule has 0 aromatic carbocycles. The second-order valence-electron chi connectivity index (χ2n) is 12.7. The summed E-state index contributed by atoms with van der Waals surface area (Å²) in [5.41, 5.74) is -2.55. The van der Waals surface area contributed by atoms with Crippen molar-refractivity contribution in [2.24, 2.45) is 33.7 Å². The van der Waals surface area contributed by atoms with Crippen molar-refractivity contribution in [3.05, 3.63) is 36.0 Å². The topological polar surface area (TPSA) is 177 Å². The molecule has 3 fully saturated rings. The van der Waals surface area contributed by atoms with E-state index in [1.165, 1.54) is 6.92 Å². The Morgan fingerprint density at radius 1 is 1.14 bits per heavy atom. The van der Waals surface area contributed by atoms with Gasteiger partial charge in [0.25, 0.3) is 5.91 Å². The molecule has 3 amide bonds. The molecule has 12 heteroatoms. The smallest absolute Gasteiger partial charge is 0.259 e. The second kappa shape index (κ2) is 11.1. The summed E-state index contributed by atoms with van der Waals surface area (Å²) in [4.78, 5) is 48.3. The third-order valence-electron chi connectivity index (χ3n) is 10.4. The van der Waals surface area contributed by atoms with E-state index in [4.69, 9.17) is 0 Å². The Bertz CT molecular complexity index is 1300. The first-order chi connectivity index (χ1) is 19.6. The molecular weight excluding hydrogens is 547 g/mol. The average molecular weight is 589 g/mol. The van der Waals surface area contributed by atoms with Crippen LogP contribution in [-0.2, 0) is 19.2 Å². The number of carbonyl (C=O) groups is 4. The van der Waals surface area contributed by atoms with Gasteiger partial charge in [-0.2, -0.15) is 5.10 Å². The van der Waals surface area contributed by atoms with E-state index in [0.29, 0.717) is 30.5 Å². The van der Waals surface area contributed by atoms with Crippen LogP contribution in [0.4, 0.5) is 4.39 Å². The number of halogens is 1. The summed E-state index contributed by atoms with van der Waals surface area (Å²) in [6.45, 7) is 8.67. The number of amides is 3. The zero-order valence-corrected chi connectivity index (χ0v) is 24.5. The quantitative estimate of drug-likeness (QED) is 0.178. The van der Waals surface area contributed by atoms with E-state index in [1.807, 2.05) is 0 Å². The largest absolute Gasteiger partial charge is 0.390 e. The van der Waals surface area contributed by atoms with Crippen LogP contribution in [0.25, 0.3) is 0 Å². The number of nitrogens with zero attached hydrogens (tertiary/aromatic N) is 1. The van der Waals surface area contributed by atoms with Crippen LogP contribution in [0.5, 0.6) is 0 Å². The van der Waals surface area contributed by atoms with E-state index in [1.54, 1.807) is 39.0 Å². The highest BCUT2D eigenvalue weighted by Crippen LogP contribution is 2.70. The Morgan fingerprint density at radius 3 is 2.45 bits per heavy atom. The Hall–Kier alpha value is -3.22. The lowest BCUT2D eigenvalue weighted by Crippen LogP contribution is -2.69. The third-order valence-corrected chi connectivity index (χ3v) is 10.4. The van der Waals surface area contributed by atoms with Crippen LogP contribution in [0.1, 0.15) is 53.4 Å². The van der Waals surface area contributed by atoms with Crippen LogP contribution in [0, 0.1) is 28.6 Å². The summed E-state index contributed by atoms with van der Waals surface area (Å²) in [5, 5.41) is 41.4. The number of carbonyl (C=O) groups excluding carboxylic acids is 4. The fraction of sp³-hybridized carbons (Fsp3) is 0.633. The number of aliphatic hydroxyl groups is 3. The van der Waals surface area contributed by atoms with E-state index >= 15 is 4.39 Å². The number of hydrogen-bond donors (Lipinski definition) is 6. The van der Waals surface area contributed by atoms with Gasteiger partial charge >= 0.3 is 0 Å². The summed E-state index contributed by atoms with van der Waals surface area (Å²) in [6.07, 6.45) is 4.57. The Morgan fingerprint density at radius 2 is 1.81 bits per heavy atom. The molecule has 42 heavy (non-hydrogen) atoms. The maximum Gasteiger partial charge on any atom is 0.259 e. The number of Topliss-reactive ketones (excluding diaryl/α,β-unsaturated/α-hetero) is 1. The van der Waals surface area contributed by atoms with Crippen molar-refractivity contribution in [2.45, 2.75) is 70.8 Å². The molecule has 0 aromatic rings. The third kappa shape index (κ3) is 4.73. The summed E-state index contributed by atoms with van der Waals surface area (Å²) >= 11 is 0. The van der Waals surface area contributed by atoms with E-state index in [0.717, 1.165) is 0 Å². The molecule has 4 aliphatic carbocycles. The highest BCUT2D eigenvalue weighted by atomic mass is 19.1. The number of alkyl halides is 1. The highest BCUT2D eigenvalue weighted by molar-refractivity contribution is 6.06. The van der Waals surface area contributed by atoms with E-state index in [2.05, 4.69) is 27.7 Å². The molecule has 2 unspecified atom stereocenters. The Kier molecular flexibility index (Phi) is 8.40. The van der Waals surface area contributed by atoms with Crippen molar-refractivity contribution in [2.75, 3.05) is 19.7 Å². The lowest BCUT2D eigenvalue weighted by Gasteiger charge is -2.62. The minimum atomic E-state index is -2.08. The van der Waals surface area contributed by atoms with Gasteiger partial charge in [0.05, 0.1) is 24.9 Å². The minimum absolute atomic E-state index is 0.131. The van der Waals surface area contributed by atoms with Crippen LogP contribution in [-0.4, -0.2) is 81.6 Å². The zero-order chi connectivity index (χ0) is 31.3. The Balaban J connectivity index is 1.46. The molecule has 0 spiro atoms. The monoisotopic (exact) mass is 588 g/mol. The van der Waals surface area contributed by atoms with Crippen molar-refractivity contribution in [1.29, 1.82) is 0 Å². The van der Waals surface area contributed by atoms with Crippen LogP contribution in [0.15, 0.2) is 41.1 Å². The number of rotatable bonds is 8. The van der Waals surface area contributed by atoms with Crippen molar-refractivity contribution < 1.29 is 38.9 Å². The normalized spacial score (nSPS) is 39.3. The first-order valence-electron chi connectivity index (χ1n) is 14.3. The first kappa shape index (κ1) is 31.7. The van der Waals surface area contributed by atoms with Crippen molar-refractivity contribution >= 4 is 29.2 Å². The van der Waals surface area contributed by atoms with Crippen LogP contribution >= 0.6 is 0 Å². The van der Waals surface area contributed by atoms with E-state index < -0.39 is 70.2 Å². The number of allylic oxidation sites excluding steroid dienone is 4. The van der Waals surface area contributed by atoms with Crippen molar-refractivity contribution in [3.8, 4) is 0 Å². The fourth-order valence-corrected chi connectivity index (χ4v) is 8.06. The number of hydrogen-bond acceptors (Lipinski definition) is 8. The number of hydrazone groups is 1. The SMILES string of the molecule is C=C(C)C(=O)NCC(=O)NCC(=O)N/N=C1\C=CC2(C)C(=C1)CC[C@H]1[C@@H]3C[C@@H](C)[C@](O)(C(=O)CO)C3(C)C[C@H](O)[C@@]12F. The van der Waals surface area contributed by atoms with Gasteiger partial charge in [0, 0.05) is 22.3 Å².